The third-order valence-electron chi connectivity index (χ3n) is 4.02. The van der Waals surface area contributed by atoms with Crippen LogP contribution >= 0.6 is 0 Å². The minimum absolute atomic E-state index is 0.176. The number of anilines is 1. The Morgan fingerprint density at radius 3 is 2.71 bits per heavy atom. The molecule has 1 fully saturated rings. The Morgan fingerprint density at radius 1 is 1.25 bits per heavy atom. The maximum Gasteiger partial charge on any atom is 0.289 e. The molecule has 0 spiro atoms. The standard InChI is InChI=1S/C17H23N5O2/c1-4-5-18-17(23)15-20-14-13(11(2)10-12(3)19-14)16(21-15)22-6-8-24-9-7-22/h10H,4-9H2,1-3H3,(H,18,23). The summed E-state index contributed by atoms with van der Waals surface area (Å²) in [6.45, 7) is 9.37. The van der Waals surface area contributed by atoms with E-state index in [-0.39, 0.29) is 11.7 Å². The van der Waals surface area contributed by atoms with Crippen LogP contribution in [0, 0.1) is 13.8 Å². The highest BCUT2D eigenvalue weighted by Crippen LogP contribution is 2.27. The molecule has 7 nitrogen and oxygen atoms in total. The van der Waals surface area contributed by atoms with Crippen molar-refractivity contribution < 1.29 is 9.53 Å². The molecule has 1 aliphatic rings. The van der Waals surface area contributed by atoms with Crippen molar-refractivity contribution >= 4 is 22.8 Å². The summed E-state index contributed by atoms with van der Waals surface area (Å²) in [5.41, 5.74) is 2.52. The van der Waals surface area contributed by atoms with Crippen molar-refractivity contribution in [3.05, 3.63) is 23.1 Å². The molecule has 2 aromatic rings. The van der Waals surface area contributed by atoms with E-state index in [0.29, 0.717) is 25.4 Å². The Bertz CT molecular complexity index is 756. The molecule has 7 heteroatoms. The molecule has 2 aromatic heterocycles. The first-order valence-corrected chi connectivity index (χ1v) is 8.37. The van der Waals surface area contributed by atoms with Crippen molar-refractivity contribution in [1.82, 2.24) is 20.3 Å². The normalized spacial score (nSPS) is 14.9. The highest BCUT2D eigenvalue weighted by atomic mass is 16.5. The fourth-order valence-electron chi connectivity index (χ4n) is 2.88. The summed E-state index contributed by atoms with van der Waals surface area (Å²) in [6, 6.07) is 2.02. The van der Waals surface area contributed by atoms with Crippen molar-refractivity contribution in [3.8, 4) is 0 Å². The van der Waals surface area contributed by atoms with Crippen LogP contribution in [0.1, 0.15) is 35.2 Å². The van der Waals surface area contributed by atoms with E-state index in [2.05, 4.69) is 25.2 Å². The fourth-order valence-corrected chi connectivity index (χ4v) is 2.88. The molecule has 1 N–H and O–H groups in total. The number of carbonyl (C=O) groups is 1. The Kier molecular flexibility index (Phi) is 4.89. The van der Waals surface area contributed by atoms with Gasteiger partial charge in [0.05, 0.1) is 18.6 Å². The summed E-state index contributed by atoms with van der Waals surface area (Å²) in [7, 11) is 0. The second-order valence-corrected chi connectivity index (χ2v) is 6.01. The van der Waals surface area contributed by atoms with E-state index in [1.54, 1.807) is 0 Å². The Labute approximate surface area is 141 Å². The molecule has 0 aromatic carbocycles. The van der Waals surface area contributed by atoms with Crippen LogP contribution in [0.15, 0.2) is 6.07 Å². The van der Waals surface area contributed by atoms with Crippen LogP contribution in [0.25, 0.3) is 11.0 Å². The SMILES string of the molecule is CCCNC(=O)c1nc(N2CCOCC2)c2c(C)cc(C)nc2n1. The van der Waals surface area contributed by atoms with E-state index < -0.39 is 0 Å². The Balaban J connectivity index is 2.12. The Morgan fingerprint density at radius 2 is 2.00 bits per heavy atom. The van der Waals surface area contributed by atoms with Crippen LogP contribution in [0.3, 0.4) is 0 Å². The molecule has 128 valence electrons. The van der Waals surface area contributed by atoms with Crippen molar-refractivity contribution in [2.75, 3.05) is 37.7 Å². The van der Waals surface area contributed by atoms with E-state index in [9.17, 15) is 4.79 Å². The van der Waals surface area contributed by atoms with Gasteiger partial charge >= 0.3 is 0 Å². The Hall–Kier alpha value is -2.28. The van der Waals surface area contributed by atoms with Gasteiger partial charge in [-0.2, -0.15) is 0 Å². The second-order valence-electron chi connectivity index (χ2n) is 6.01. The topological polar surface area (TPSA) is 80.2 Å². The average Bonchev–Trinajstić information content (AvgIpc) is 2.59. The number of pyridine rings is 1. The molecule has 3 rings (SSSR count). The average molecular weight is 329 g/mol. The summed E-state index contributed by atoms with van der Waals surface area (Å²) in [5, 5.41) is 3.75. The third kappa shape index (κ3) is 3.31. The van der Waals surface area contributed by atoms with Gasteiger partial charge < -0.3 is 15.0 Å². The molecule has 0 radical (unpaired) electrons. The lowest BCUT2D eigenvalue weighted by Gasteiger charge is -2.29. The number of nitrogens with one attached hydrogen (secondary N) is 1. The van der Waals surface area contributed by atoms with Crippen molar-refractivity contribution in [2.45, 2.75) is 27.2 Å². The van der Waals surface area contributed by atoms with Crippen LogP contribution in [-0.4, -0.2) is 53.7 Å². The molecule has 24 heavy (non-hydrogen) atoms. The number of amides is 1. The van der Waals surface area contributed by atoms with Crippen molar-refractivity contribution in [1.29, 1.82) is 0 Å². The van der Waals surface area contributed by atoms with E-state index in [0.717, 1.165) is 42.0 Å². The van der Waals surface area contributed by atoms with Crippen LogP contribution in [0.4, 0.5) is 5.82 Å². The van der Waals surface area contributed by atoms with Crippen molar-refractivity contribution in [2.24, 2.45) is 0 Å². The summed E-state index contributed by atoms with van der Waals surface area (Å²) in [4.78, 5) is 28.0. The molecule has 1 saturated heterocycles. The van der Waals surface area contributed by atoms with Crippen LogP contribution in [0.2, 0.25) is 0 Å². The minimum atomic E-state index is -0.255. The predicted octanol–water partition coefficient (Wildman–Crippen LogP) is 1.62. The summed E-state index contributed by atoms with van der Waals surface area (Å²) in [6.07, 6.45) is 0.867. The molecular weight excluding hydrogens is 306 g/mol. The number of ether oxygens (including phenoxy) is 1. The zero-order valence-corrected chi connectivity index (χ0v) is 14.4. The first-order chi connectivity index (χ1) is 11.6. The van der Waals surface area contributed by atoms with Gasteiger partial charge in [0.15, 0.2) is 5.65 Å². The number of fused-ring (bicyclic) bond motifs is 1. The number of aryl methyl sites for hydroxylation is 2. The van der Waals surface area contributed by atoms with Crippen LogP contribution in [-0.2, 0) is 4.74 Å². The minimum Gasteiger partial charge on any atom is -0.378 e. The van der Waals surface area contributed by atoms with Gasteiger partial charge in [0.25, 0.3) is 5.91 Å². The van der Waals surface area contributed by atoms with Gasteiger partial charge in [0, 0.05) is 25.3 Å². The molecule has 1 aliphatic heterocycles. The largest absolute Gasteiger partial charge is 0.378 e. The molecular formula is C17H23N5O2. The first kappa shape index (κ1) is 16.6. The highest BCUT2D eigenvalue weighted by Gasteiger charge is 2.21. The highest BCUT2D eigenvalue weighted by molar-refractivity contribution is 5.96. The van der Waals surface area contributed by atoms with Gasteiger partial charge in [0.2, 0.25) is 5.82 Å². The summed E-state index contributed by atoms with van der Waals surface area (Å²) in [5.74, 6) is 0.694. The van der Waals surface area contributed by atoms with E-state index in [1.807, 2.05) is 26.8 Å². The maximum absolute atomic E-state index is 12.3. The van der Waals surface area contributed by atoms with Crippen LogP contribution in [0.5, 0.6) is 0 Å². The second kappa shape index (κ2) is 7.09. The number of hydrogen-bond donors (Lipinski definition) is 1. The zero-order valence-electron chi connectivity index (χ0n) is 14.4. The third-order valence-corrected chi connectivity index (χ3v) is 4.02. The number of nitrogens with zero attached hydrogens (tertiary/aromatic N) is 4. The van der Waals surface area contributed by atoms with E-state index in [1.165, 1.54) is 0 Å². The summed E-state index contributed by atoms with van der Waals surface area (Å²) < 4.78 is 5.43. The number of morpholine rings is 1. The smallest absolute Gasteiger partial charge is 0.289 e. The van der Waals surface area contributed by atoms with E-state index >= 15 is 0 Å². The van der Waals surface area contributed by atoms with Gasteiger partial charge in [-0.15, -0.1) is 0 Å². The maximum atomic E-state index is 12.3. The van der Waals surface area contributed by atoms with E-state index in [4.69, 9.17) is 4.74 Å². The lowest BCUT2D eigenvalue weighted by atomic mass is 10.1. The molecule has 0 atom stereocenters. The number of hydrogen-bond acceptors (Lipinski definition) is 6. The van der Waals surface area contributed by atoms with Crippen LogP contribution < -0.4 is 10.2 Å². The molecule has 0 bridgehead atoms. The number of aromatic nitrogens is 3. The van der Waals surface area contributed by atoms with Gasteiger partial charge in [-0.3, -0.25) is 4.79 Å². The fraction of sp³-hybridized carbons (Fsp3) is 0.529. The number of carbonyl (C=O) groups excluding carboxylic acids is 1. The van der Waals surface area contributed by atoms with Crippen molar-refractivity contribution in [3.63, 3.8) is 0 Å². The lowest BCUT2D eigenvalue weighted by molar-refractivity contribution is 0.0943. The predicted molar refractivity (Wildman–Crippen MR) is 92.5 cm³/mol. The van der Waals surface area contributed by atoms with Gasteiger partial charge in [0.1, 0.15) is 5.82 Å². The first-order valence-electron chi connectivity index (χ1n) is 8.37. The molecule has 0 saturated carbocycles. The monoisotopic (exact) mass is 329 g/mol. The van der Waals surface area contributed by atoms with Gasteiger partial charge in [-0.05, 0) is 31.9 Å². The molecule has 0 unspecified atom stereocenters. The molecule has 0 aliphatic carbocycles. The summed E-state index contributed by atoms with van der Waals surface area (Å²) >= 11 is 0. The molecule has 1 amide bonds. The number of rotatable bonds is 4. The quantitative estimate of drug-likeness (QED) is 0.918. The molecule has 3 heterocycles. The zero-order chi connectivity index (χ0) is 17.1. The lowest BCUT2D eigenvalue weighted by Crippen LogP contribution is -2.37. The van der Waals surface area contributed by atoms with Gasteiger partial charge in [-0.1, -0.05) is 6.92 Å². The van der Waals surface area contributed by atoms with Gasteiger partial charge in [-0.25, -0.2) is 15.0 Å².